The van der Waals surface area contributed by atoms with E-state index in [1.165, 1.54) is 0 Å². The molecule has 3 rings (SSSR count). The fraction of sp³-hybridized carbons (Fsp3) is 0.263. The number of fused-ring (bicyclic) bond motifs is 1. The van der Waals surface area contributed by atoms with E-state index >= 15 is 0 Å². The number of carboxylic acid groups (broad SMARTS) is 1. The van der Waals surface area contributed by atoms with E-state index in [1.807, 2.05) is 43.3 Å². The number of benzene rings is 2. The summed E-state index contributed by atoms with van der Waals surface area (Å²) in [4.78, 5) is 24.0. The SMILES string of the molecule is CC1=C(C(=O)NC(C(=O)O)c2ccc3ccccc3c2)CCC1. The first-order valence-electron chi connectivity index (χ1n) is 7.77. The first-order chi connectivity index (χ1) is 11.1. The highest BCUT2D eigenvalue weighted by Crippen LogP contribution is 2.27. The lowest BCUT2D eigenvalue weighted by Gasteiger charge is -2.16. The summed E-state index contributed by atoms with van der Waals surface area (Å²) in [6.45, 7) is 1.94. The molecule has 0 radical (unpaired) electrons. The predicted molar refractivity (Wildman–Crippen MR) is 89.0 cm³/mol. The van der Waals surface area contributed by atoms with Crippen molar-refractivity contribution in [3.8, 4) is 0 Å². The predicted octanol–water partition coefficient (Wildman–Crippen LogP) is 3.58. The quantitative estimate of drug-likeness (QED) is 0.907. The van der Waals surface area contributed by atoms with Crippen LogP contribution in [0.2, 0.25) is 0 Å². The summed E-state index contributed by atoms with van der Waals surface area (Å²) < 4.78 is 0. The van der Waals surface area contributed by atoms with Gasteiger partial charge in [-0.25, -0.2) is 4.79 Å². The average molecular weight is 309 g/mol. The van der Waals surface area contributed by atoms with Crippen molar-refractivity contribution in [3.05, 3.63) is 59.2 Å². The number of hydrogen-bond acceptors (Lipinski definition) is 2. The largest absolute Gasteiger partial charge is 0.479 e. The summed E-state index contributed by atoms with van der Waals surface area (Å²) >= 11 is 0. The van der Waals surface area contributed by atoms with Gasteiger partial charge < -0.3 is 10.4 Å². The van der Waals surface area contributed by atoms with Crippen molar-refractivity contribution in [1.82, 2.24) is 5.32 Å². The van der Waals surface area contributed by atoms with Crippen LogP contribution < -0.4 is 5.32 Å². The maximum absolute atomic E-state index is 12.4. The molecule has 2 aromatic carbocycles. The van der Waals surface area contributed by atoms with Gasteiger partial charge in [-0.2, -0.15) is 0 Å². The van der Waals surface area contributed by atoms with E-state index < -0.39 is 12.0 Å². The molecular weight excluding hydrogens is 290 g/mol. The molecule has 2 N–H and O–H groups in total. The van der Waals surface area contributed by atoms with Crippen LogP contribution in [0, 0.1) is 0 Å². The topological polar surface area (TPSA) is 66.4 Å². The molecule has 0 spiro atoms. The van der Waals surface area contributed by atoms with E-state index in [0.717, 1.165) is 41.2 Å². The van der Waals surface area contributed by atoms with Crippen LogP contribution >= 0.6 is 0 Å². The van der Waals surface area contributed by atoms with Crippen LogP contribution in [0.5, 0.6) is 0 Å². The minimum atomic E-state index is -1.05. The molecule has 0 aliphatic heterocycles. The van der Waals surface area contributed by atoms with E-state index in [2.05, 4.69) is 5.32 Å². The van der Waals surface area contributed by atoms with Crippen LogP contribution in [0.15, 0.2) is 53.6 Å². The summed E-state index contributed by atoms with van der Waals surface area (Å²) in [7, 11) is 0. The second-order valence-corrected chi connectivity index (χ2v) is 5.96. The van der Waals surface area contributed by atoms with Gasteiger partial charge in [0.05, 0.1) is 0 Å². The fourth-order valence-corrected chi connectivity index (χ4v) is 3.10. The minimum Gasteiger partial charge on any atom is -0.479 e. The molecule has 1 amide bonds. The number of aliphatic carboxylic acids is 1. The van der Waals surface area contributed by atoms with Crippen LogP contribution in [-0.2, 0) is 9.59 Å². The second-order valence-electron chi connectivity index (χ2n) is 5.96. The molecule has 4 heteroatoms. The zero-order valence-electron chi connectivity index (χ0n) is 13.0. The van der Waals surface area contributed by atoms with Gasteiger partial charge in [-0.05, 0) is 48.6 Å². The van der Waals surface area contributed by atoms with Crippen molar-refractivity contribution in [2.45, 2.75) is 32.2 Å². The number of hydrogen-bond donors (Lipinski definition) is 2. The highest BCUT2D eigenvalue weighted by atomic mass is 16.4. The maximum atomic E-state index is 12.4. The standard InChI is InChI=1S/C19H19NO3/c1-12-5-4-8-16(12)18(21)20-17(19(22)23)15-10-9-13-6-2-3-7-14(13)11-15/h2-3,6-7,9-11,17H,4-5,8H2,1H3,(H,20,21)(H,22,23). The smallest absolute Gasteiger partial charge is 0.330 e. The number of carbonyl (C=O) groups excluding carboxylic acids is 1. The summed E-state index contributed by atoms with van der Waals surface area (Å²) in [5, 5.41) is 14.2. The van der Waals surface area contributed by atoms with Gasteiger partial charge in [0.15, 0.2) is 6.04 Å². The number of carbonyl (C=O) groups is 2. The molecule has 1 aliphatic rings. The molecule has 1 unspecified atom stereocenters. The Balaban J connectivity index is 1.90. The van der Waals surface area contributed by atoms with Gasteiger partial charge in [-0.1, -0.05) is 42.0 Å². The lowest BCUT2D eigenvalue weighted by atomic mass is 10.0. The molecule has 23 heavy (non-hydrogen) atoms. The Kier molecular flexibility index (Phi) is 4.15. The van der Waals surface area contributed by atoms with Crippen molar-refractivity contribution in [2.75, 3.05) is 0 Å². The lowest BCUT2D eigenvalue weighted by Crippen LogP contribution is -2.34. The molecule has 1 atom stereocenters. The molecule has 0 fully saturated rings. The first-order valence-corrected chi connectivity index (χ1v) is 7.77. The summed E-state index contributed by atoms with van der Waals surface area (Å²) in [6, 6.07) is 12.2. The number of amides is 1. The molecule has 118 valence electrons. The normalized spacial score (nSPS) is 15.7. The summed E-state index contributed by atoms with van der Waals surface area (Å²) in [5.74, 6) is -1.31. The zero-order valence-corrected chi connectivity index (χ0v) is 13.0. The van der Waals surface area contributed by atoms with Gasteiger partial charge in [-0.3, -0.25) is 4.79 Å². The molecule has 4 nitrogen and oxygen atoms in total. The van der Waals surface area contributed by atoms with Gasteiger partial charge in [0, 0.05) is 5.57 Å². The molecule has 0 saturated heterocycles. The van der Waals surface area contributed by atoms with Crippen LogP contribution in [0.25, 0.3) is 10.8 Å². The van der Waals surface area contributed by atoms with Crippen molar-refractivity contribution in [3.63, 3.8) is 0 Å². The number of rotatable bonds is 4. The third kappa shape index (κ3) is 3.11. The Bertz CT molecular complexity index is 807. The number of nitrogens with one attached hydrogen (secondary N) is 1. The molecular formula is C19H19NO3. The van der Waals surface area contributed by atoms with Gasteiger partial charge >= 0.3 is 5.97 Å². The van der Waals surface area contributed by atoms with Gasteiger partial charge in [0.2, 0.25) is 5.91 Å². The highest BCUT2D eigenvalue weighted by molar-refractivity contribution is 5.97. The van der Waals surface area contributed by atoms with Gasteiger partial charge in [0.25, 0.3) is 0 Å². The van der Waals surface area contributed by atoms with Crippen LogP contribution in [0.3, 0.4) is 0 Å². The third-order valence-corrected chi connectivity index (χ3v) is 4.40. The maximum Gasteiger partial charge on any atom is 0.330 e. The minimum absolute atomic E-state index is 0.263. The van der Waals surface area contributed by atoms with Gasteiger partial charge in [-0.15, -0.1) is 0 Å². The monoisotopic (exact) mass is 309 g/mol. The summed E-state index contributed by atoms with van der Waals surface area (Å²) in [6.07, 6.45) is 2.60. The zero-order chi connectivity index (χ0) is 16.4. The van der Waals surface area contributed by atoms with E-state index in [4.69, 9.17) is 0 Å². The average Bonchev–Trinajstić information content (AvgIpc) is 2.98. The molecule has 0 heterocycles. The Labute approximate surface area is 134 Å². The Morgan fingerprint density at radius 1 is 1.09 bits per heavy atom. The summed E-state index contributed by atoms with van der Waals surface area (Å²) in [5.41, 5.74) is 2.38. The number of allylic oxidation sites excluding steroid dienone is 1. The third-order valence-electron chi connectivity index (χ3n) is 4.40. The molecule has 1 aliphatic carbocycles. The van der Waals surface area contributed by atoms with Crippen molar-refractivity contribution in [1.29, 1.82) is 0 Å². The molecule has 2 aromatic rings. The molecule has 0 aromatic heterocycles. The first kappa shape index (κ1) is 15.3. The van der Waals surface area contributed by atoms with E-state index in [-0.39, 0.29) is 5.91 Å². The van der Waals surface area contributed by atoms with Crippen molar-refractivity contribution >= 4 is 22.6 Å². The van der Waals surface area contributed by atoms with E-state index in [1.54, 1.807) is 6.07 Å². The van der Waals surface area contributed by atoms with Gasteiger partial charge in [0.1, 0.15) is 0 Å². The van der Waals surface area contributed by atoms with E-state index in [0.29, 0.717) is 5.56 Å². The molecule has 0 bridgehead atoms. The van der Waals surface area contributed by atoms with Crippen molar-refractivity contribution < 1.29 is 14.7 Å². The molecule has 0 saturated carbocycles. The van der Waals surface area contributed by atoms with Crippen LogP contribution in [0.4, 0.5) is 0 Å². The van der Waals surface area contributed by atoms with Crippen LogP contribution in [0.1, 0.15) is 37.8 Å². The Hall–Kier alpha value is -2.62. The lowest BCUT2D eigenvalue weighted by molar-refractivity contribution is -0.141. The Morgan fingerprint density at radius 2 is 1.83 bits per heavy atom. The fourth-order valence-electron chi connectivity index (χ4n) is 3.10. The Morgan fingerprint density at radius 3 is 2.48 bits per heavy atom. The van der Waals surface area contributed by atoms with E-state index in [9.17, 15) is 14.7 Å². The number of carboxylic acids is 1. The highest BCUT2D eigenvalue weighted by Gasteiger charge is 2.26. The second kappa shape index (κ2) is 6.24. The van der Waals surface area contributed by atoms with Crippen molar-refractivity contribution in [2.24, 2.45) is 0 Å². The van der Waals surface area contributed by atoms with Crippen LogP contribution in [-0.4, -0.2) is 17.0 Å².